The molecule has 0 radical (unpaired) electrons. The molecule has 0 bridgehead atoms. The Labute approximate surface area is 111 Å². The molecule has 0 atom stereocenters. The van der Waals surface area contributed by atoms with Crippen molar-refractivity contribution in [2.75, 3.05) is 0 Å². The molecule has 0 saturated carbocycles. The summed E-state index contributed by atoms with van der Waals surface area (Å²) in [6.07, 6.45) is 2.66. The van der Waals surface area contributed by atoms with Gasteiger partial charge in [0, 0.05) is 11.8 Å². The van der Waals surface area contributed by atoms with Crippen molar-refractivity contribution in [1.82, 2.24) is 4.98 Å². The van der Waals surface area contributed by atoms with Crippen LogP contribution in [0.1, 0.15) is 10.4 Å². The summed E-state index contributed by atoms with van der Waals surface area (Å²) in [6, 6.07) is 6.73. The van der Waals surface area contributed by atoms with E-state index < -0.39 is 11.9 Å². The molecule has 0 saturated heterocycles. The van der Waals surface area contributed by atoms with Gasteiger partial charge in [0.15, 0.2) is 5.70 Å². The number of carbonyl (C=O) groups is 1. The Morgan fingerprint density at radius 3 is 2.95 bits per heavy atom. The predicted octanol–water partition coefficient (Wildman–Crippen LogP) is 2.63. The lowest BCUT2D eigenvalue weighted by Crippen LogP contribution is -2.03. The fourth-order valence-electron chi connectivity index (χ4n) is 1.57. The van der Waals surface area contributed by atoms with Crippen molar-refractivity contribution >= 4 is 29.3 Å². The highest BCUT2D eigenvalue weighted by atomic mass is 32.1. The Morgan fingerprint density at radius 2 is 2.21 bits per heavy atom. The minimum atomic E-state index is -0.650. The Bertz CT molecular complexity index is 692. The van der Waals surface area contributed by atoms with Gasteiger partial charge in [-0.25, -0.2) is 14.8 Å². The van der Waals surface area contributed by atoms with E-state index in [1.165, 1.54) is 29.7 Å². The number of carbonyl (C=O) groups excluding carboxylic acids is 1. The third-order valence-corrected chi connectivity index (χ3v) is 3.29. The van der Waals surface area contributed by atoms with Crippen LogP contribution in [0.15, 0.2) is 46.5 Å². The molecule has 0 fully saturated rings. The normalized spacial score (nSPS) is 16.6. The van der Waals surface area contributed by atoms with Gasteiger partial charge in [-0.1, -0.05) is 6.07 Å². The number of pyridine rings is 1. The van der Waals surface area contributed by atoms with Gasteiger partial charge in [0.1, 0.15) is 0 Å². The molecule has 3 heterocycles. The van der Waals surface area contributed by atoms with Crippen molar-refractivity contribution < 1.29 is 13.9 Å². The number of ether oxygens (including phenoxy) is 1. The van der Waals surface area contributed by atoms with E-state index in [-0.39, 0.29) is 17.2 Å². The Morgan fingerprint density at radius 1 is 1.32 bits per heavy atom. The second-order valence-electron chi connectivity index (χ2n) is 3.70. The quantitative estimate of drug-likeness (QED) is 0.480. The van der Waals surface area contributed by atoms with Crippen LogP contribution >= 0.6 is 11.3 Å². The lowest BCUT2D eigenvalue weighted by molar-refractivity contribution is -0.129. The lowest BCUT2D eigenvalue weighted by Gasteiger charge is -1.94. The van der Waals surface area contributed by atoms with Crippen LogP contribution < -0.4 is 0 Å². The molecule has 4 nitrogen and oxygen atoms in total. The van der Waals surface area contributed by atoms with Crippen molar-refractivity contribution in [3.63, 3.8) is 0 Å². The number of aliphatic imine (C=N–C) groups is 1. The first kappa shape index (κ1) is 11.7. The average Bonchev–Trinajstić information content (AvgIpc) is 3.02. The SMILES string of the molecule is O=C1OC(c2cccs2)=N/C1=C/c1cccnc1F. The Hall–Kier alpha value is -2.34. The van der Waals surface area contributed by atoms with Gasteiger partial charge in [-0.15, -0.1) is 11.3 Å². The van der Waals surface area contributed by atoms with Crippen molar-refractivity contribution in [2.45, 2.75) is 0 Å². The van der Waals surface area contributed by atoms with Crippen LogP contribution in [0.25, 0.3) is 6.08 Å². The molecule has 0 spiro atoms. The van der Waals surface area contributed by atoms with Gasteiger partial charge in [-0.05, 0) is 29.7 Å². The van der Waals surface area contributed by atoms with Crippen molar-refractivity contribution in [3.8, 4) is 0 Å². The number of hydrogen-bond acceptors (Lipinski definition) is 5. The largest absolute Gasteiger partial charge is 0.401 e. The number of aromatic nitrogens is 1. The Kier molecular flexibility index (Phi) is 2.92. The molecule has 2 aromatic heterocycles. The third kappa shape index (κ3) is 2.30. The molecule has 6 heteroatoms. The Balaban J connectivity index is 1.98. The van der Waals surface area contributed by atoms with E-state index in [9.17, 15) is 9.18 Å². The molecule has 0 N–H and O–H groups in total. The molecule has 3 rings (SSSR count). The van der Waals surface area contributed by atoms with Crippen LogP contribution in [-0.2, 0) is 9.53 Å². The van der Waals surface area contributed by atoms with Crippen molar-refractivity contribution in [1.29, 1.82) is 0 Å². The van der Waals surface area contributed by atoms with Gasteiger partial charge in [0.2, 0.25) is 11.8 Å². The van der Waals surface area contributed by atoms with Gasteiger partial charge >= 0.3 is 5.97 Å². The third-order valence-electron chi connectivity index (χ3n) is 2.43. The van der Waals surface area contributed by atoms with E-state index >= 15 is 0 Å². The first-order chi connectivity index (χ1) is 9.24. The zero-order valence-corrected chi connectivity index (χ0v) is 10.4. The van der Waals surface area contributed by atoms with Gasteiger partial charge in [-0.2, -0.15) is 4.39 Å². The number of thiophene rings is 1. The second kappa shape index (κ2) is 4.74. The second-order valence-corrected chi connectivity index (χ2v) is 4.64. The minimum Gasteiger partial charge on any atom is -0.401 e. The van der Waals surface area contributed by atoms with E-state index in [0.717, 1.165) is 4.88 Å². The first-order valence-corrected chi connectivity index (χ1v) is 6.29. The highest BCUT2D eigenvalue weighted by Crippen LogP contribution is 2.21. The molecule has 0 amide bonds. The maximum Gasteiger partial charge on any atom is 0.363 e. The van der Waals surface area contributed by atoms with Crippen LogP contribution in [0.3, 0.4) is 0 Å². The van der Waals surface area contributed by atoms with Crippen LogP contribution in [0, 0.1) is 5.95 Å². The number of hydrogen-bond donors (Lipinski definition) is 0. The maximum absolute atomic E-state index is 13.4. The van der Waals surface area contributed by atoms with Crippen LogP contribution in [0.4, 0.5) is 4.39 Å². The molecular formula is C13H7FN2O2S. The number of halogens is 1. The fraction of sp³-hybridized carbons (Fsp3) is 0. The molecule has 0 aromatic carbocycles. The molecule has 19 heavy (non-hydrogen) atoms. The summed E-state index contributed by atoms with van der Waals surface area (Å²) >= 11 is 1.41. The molecule has 0 unspecified atom stereocenters. The van der Waals surface area contributed by atoms with Gasteiger partial charge < -0.3 is 4.74 Å². The summed E-state index contributed by atoms with van der Waals surface area (Å²) in [5.74, 6) is -0.996. The lowest BCUT2D eigenvalue weighted by atomic mass is 10.2. The van der Waals surface area contributed by atoms with Crippen molar-refractivity contribution in [3.05, 3.63) is 57.9 Å². The zero-order valence-electron chi connectivity index (χ0n) is 9.54. The molecule has 0 aliphatic carbocycles. The van der Waals surface area contributed by atoms with Crippen LogP contribution in [-0.4, -0.2) is 16.9 Å². The summed E-state index contributed by atoms with van der Waals surface area (Å²) in [7, 11) is 0. The molecular weight excluding hydrogens is 267 g/mol. The highest BCUT2D eigenvalue weighted by molar-refractivity contribution is 7.12. The predicted molar refractivity (Wildman–Crippen MR) is 69.1 cm³/mol. The maximum atomic E-state index is 13.4. The number of esters is 1. The molecule has 1 aliphatic heterocycles. The van der Waals surface area contributed by atoms with E-state index in [1.54, 1.807) is 12.1 Å². The minimum absolute atomic E-state index is 0.0651. The molecule has 2 aromatic rings. The summed E-state index contributed by atoms with van der Waals surface area (Å²) < 4.78 is 18.4. The fourth-order valence-corrected chi connectivity index (χ4v) is 2.22. The van der Waals surface area contributed by atoms with Crippen molar-refractivity contribution in [2.24, 2.45) is 4.99 Å². The number of nitrogens with zero attached hydrogens (tertiary/aromatic N) is 2. The van der Waals surface area contributed by atoms with Gasteiger partial charge in [-0.3, -0.25) is 0 Å². The smallest absolute Gasteiger partial charge is 0.363 e. The van der Waals surface area contributed by atoms with E-state index in [0.29, 0.717) is 0 Å². The number of cyclic esters (lactones) is 1. The van der Waals surface area contributed by atoms with E-state index in [2.05, 4.69) is 9.98 Å². The molecule has 1 aliphatic rings. The summed E-state index contributed by atoms with van der Waals surface area (Å²) in [6.45, 7) is 0. The van der Waals surface area contributed by atoms with Crippen LogP contribution in [0.5, 0.6) is 0 Å². The van der Waals surface area contributed by atoms with E-state index in [1.807, 2.05) is 11.4 Å². The summed E-state index contributed by atoms with van der Waals surface area (Å²) in [4.78, 5) is 20.0. The monoisotopic (exact) mass is 274 g/mol. The molecule has 94 valence electrons. The summed E-state index contributed by atoms with van der Waals surface area (Å²) in [5.41, 5.74) is 0.265. The standard InChI is InChI=1S/C13H7FN2O2S/c14-11-8(3-1-5-15-11)7-9-13(17)18-12(16-9)10-4-2-6-19-10/h1-7H/b9-7+. The summed E-state index contributed by atoms with van der Waals surface area (Å²) in [5, 5.41) is 1.86. The van der Waals surface area contributed by atoms with Crippen LogP contribution in [0.2, 0.25) is 0 Å². The first-order valence-electron chi connectivity index (χ1n) is 5.41. The van der Waals surface area contributed by atoms with Gasteiger partial charge in [0.25, 0.3) is 0 Å². The highest BCUT2D eigenvalue weighted by Gasteiger charge is 2.24. The van der Waals surface area contributed by atoms with Gasteiger partial charge in [0.05, 0.1) is 4.88 Å². The van der Waals surface area contributed by atoms with E-state index in [4.69, 9.17) is 4.74 Å². The topological polar surface area (TPSA) is 51.5 Å². The average molecular weight is 274 g/mol. The number of rotatable bonds is 2. The zero-order chi connectivity index (χ0) is 13.2.